The Morgan fingerprint density at radius 1 is 1.08 bits per heavy atom. The average Bonchev–Trinajstić information content (AvgIpc) is 3.58. The maximum absolute atomic E-state index is 13.0. The highest BCUT2D eigenvalue weighted by molar-refractivity contribution is 5.73. The predicted molar refractivity (Wildman–Crippen MR) is 138 cm³/mol. The van der Waals surface area contributed by atoms with Gasteiger partial charge < -0.3 is 24.6 Å². The zero-order valence-electron chi connectivity index (χ0n) is 21.0. The largest absolute Gasteiger partial charge is 0.497 e. The van der Waals surface area contributed by atoms with Gasteiger partial charge in [0.05, 0.1) is 31.8 Å². The Kier molecular flexibility index (Phi) is 5.87. The molecule has 1 aliphatic carbocycles. The van der Waals surface area contributed by atoms with E-state index in [1.165, 1.54) is 4.57 Å². The van der Waals surface area contributed by atoms with Crippen molar-refractivity contribution in [1.29, 1.82) is 0 Å². The third kappa shape index (κ3) is 4.49. The molecule has 0 atom stereocenters. The van der Waals surface area contributed by atoms with Gasteiger partial charge in [-0.2, -0.15) is 5.10 Å². The van der Waals surface area contributed by atoms with Crippen molar-refractivity contribution in [3.05, 3.63) is 64.3 Å². The van der Waals surface area contributed by atoms with Crippen LogP contribution in [0.5, 0.6) is 11.5 Å². The second-order valence-electron chi connectivity index (χ2n) is 9.14. The molecule has 5 rings (SSSR count). The number of rotatable bonds is 7. The predicted octanol–water partition coefficient (Wildman–Crippen LogP) is 3.13. The SMILES string of the molecule is [C-]#[N+]C1(Cn2cc(-c3cnc(N)c(-c4cn(C)c(=O)c(-c5cc(OC)cc(OC)c5)n4)n3)c(C)n2)CC1. The molecule has 188 valence electrons. The van der Waals surface area contributed by atoms with E-state index >= 15 is 0 Å². The Morgan fingerprint density at radius 3 is 2.38 bits per heavy atom. The van der Waals surface area contributed by atoms with Gasteiger partial charge in [-0.3, -0.25) is 9.48 Å². The van der Waals surface area contributed by atoms with Crippen LogP contribution in [0.15, 0.2) is 41.6 Å². The number of hydrogen-bond donors (Lipinski definition) is 1. The van der Waals surface area contributed by atoms with Crippen molar-refractivity contribution in [2.75, 3.05) is 20.0 Å². The first-order valence-electron chi connectivity index (χ1n) is 11.6. The fourth-order valence-electron chi connectivity index (χ4n) is 4.17. The van der Waals surface area contributed by atoms with Gasteiger partial charge in [-0.05, 0) is 19.1 Å². The first-order valence-corrected chi connectivity index (χ1v) is 11.6. The number of ether oxygens (including phenoxy) is 2. The molecule has 37 heavy (non-hydrogen) atoms. The summed E-state index contributed by atoms with van der Waals surface area (Å²) in [5, 5.41) is 4.59. The minimum atomic E-state index is -0.342. The van der Waals surface area contributed by atoms with E-state index in [0.29, 0.717) is 40.7 Å². The highest BCUT2D eigenvalue weighted by atomic mass is 16.5. The van der Waals surface area contributed by atoms with Crippen molar-refractivity contribution in [2.45, 2.75) is 31.8 Å². The highest BCUT2D eigenvalue weighted by Crippen LogP contribution is 2.41. The van der Waals surface area contributed by atoms with E-state index in [-0.39, 0.29) is 22.6 Å². The number of anilines is 1. The molecule has 0 saturated heterocycles. The van der Waals surface area contributed by atoms with Gasteiger partial charge >= 0.3 is 0 Å². The maximum atomic E-state index is 13.0. The molecule has 2 N–H and O–H groups in total. The van der Waals surface area contributed by atoms with Crippen LogP contribution in [-0.4, -0.2) is 49.1 Å². The van der Waals surface area contributed by atoms with Gasteiger partial charge in [0.25, 0.3) is 11.1 Å². The third-order valence-corrected chi connectivity index (χ3v) is 6.48. The first kappa shape index (κ1) is 24.0. The number of aromatic nitrogens is 6. The van der Waals surface area contributed by atoms with Crippen LogP contribution in [0.1, 0.15) is 18.5 Å². The van der Waals surface area contributed by atoms with Crippen LogP contribution >= 0.6 is 0 Å². The van der Waals surface area contributed by atoms with Crippen molar-refractivity contribution in [3.63, 3.8) is 0 Å². The Hall–Kier alpha value is -4.72. The Bertz CT molecular complexity index is 1590. The Balaban J connectivity index is 1.58. The molecule has 1 saturated carbocycles. The molecule has 1 aliphatic rings. The molecule has 11 heteroatoms. The highest BCUT2D eigenvalue weighted by Gasteiger charge is 2.51. The molecule has 4 aromatic rings. The second-order valence-corrected chi connectivity index (χ2v) is 9.14. The Labute approximate surface area is 213 Å². The van der Waals surface area contributed by atoms with Crippen LogP contribution in [-0.2, 0) is 13.6 Å². The normalized spacial score (nSPS) is 13.7. The minimum Gasteiger partial charge on any atom is -0.497 e. The maximum Gasteiger partial charge on any atom is 0.276 e. The van der Waals surface area contributed by atoms with Crippen molar-refractivity contribution in [1.82, 2.24) is 29.3 Å². The number of nitrogens with two attached hydrogens (primary N) is 1. The molecule has 1 aromatic carbocycles. The summed E-state index contributed by atoms with van der Waals surface area (Å²) in [4.78, 5) is 30.6. The smallest absolute Gasteiger partial charge is 0.276 e. The van der Waals surface area contributed by atoms with E-state index < -0.39 is 0 Å². The van der Waals surface area contributed by atoms with Gasteiger partial charge in [-0.25, -0.2) is 21.5 Å². The summed E-state index contributed by atoms with van der Waals surface area (Å²) in [5.41, 5.74) is 9.18. The number of nitrogens with zero attached hydrogens (tertiary/aromatic N) is 7. The zero-order chi connectivity index (χ0) is 26.3. The van der Waals surface area contributed by atoms with E-state index in [1.54, 1.807) is 56.5 Å². The van der Waals surface area contributed by atoms with Crippen molar-refractivity contribution in [3.8, 4) is 45.4 Å². The van der Waals surface area contributed by atoms with Crippen LogP contribution in [0.25, 0.3) is 38.7 Å². The van der Waals surface area contributed by atoms with E-state index in [2.05, 4.69) is 19.9 Å². The first-order chi connectivity index (χ1) is 17.8. The minimum absolute atomic E-state index is 0.180. The van der Waals surface area contributed by atoms with Gasteiger partial charge in [-0.15, -0.1) is 0 Å². The summed E-state index contributed by atoms with van der Waals surface area (Å²) in [6.07, 6.45) is 6.82. The molecule has 0 radical (unpaired) electrons. The third-order valence-electron chi connectivity index (χ3n) is 6.48. The number of methoxy groups -OCH3 is 2. The average molecular weight is 499 g/mol. The van der Waals surface area contributed by atoms with Gasteiger partial charge in [-0.1, -0.05) is 0 Å². The lowest BCUT2D eigenvalue weighted by atomic mass is 10.1. The van der Waals surface area contributed by atoms with Gasteiger partial charge in [0.15, 0.2) is 5.82 Å². The molecule has 1 fully saturated rings. The van der Waals surface area contributed by atoms with E-state index in [0.717, 1.165) is 24.1 Å². The quantitative estimate of drug-likeness (QED) is 0.385. The molecular formula is C26H26N8O3. The summed E-state index contributed by atoms with van der Waals surface area (Å²) in [5.74, 6) is 1.24. The summed E-state index contributed by atoms with van der Waals surface area (Å²) in [7, 11) is 4.72. The molecule has 0 aliphatic heterocycles. The Morgan fingerprint density at radius 2 is 1.76 bits per heavy atom. The molecule has 0 bridgehead atoms. The number of nitrogen functional groups attached to an aromatic ring is 1. The number of aryl methyl sites for hydroxylation is 2. The lowest BCUT2D eigenvalue weighted by molar-refractivity contribution is 0.394. The molecule has 3 aromatic heterocycles. The van der Waals surface area contributed by atoms with Crippen molar-refractivity contribution < 1.29 is 9.47 Å². The molecule has 11 nitrogen and oxygen atoms in total. The molecule has 0 amide bonds. The van der Waals surface area contributed by atoms with E-state index in [4.69, 9.17) is 26.8 Å². The van der Waals surface area contributed by atoms with Gasteiger partial charge in [0.1, 0.15) is 35.1 Å². The van der Waals surface area contributed by atoms with E-state index in [1.807, 2.05) is 13.1 Å². The van der Waals surface area contributed by atoms with Gasteiger partial charge in [0, 0.05) is 49.5 Å². The summed E-state index contributed by atoms with van der Waals surface area (Å²) in [6, 6.07) is 5.15. The van der Waals surface area contributed by atoms with Crippen molar-refractivity contribution >= 4 is 5.82 Å². The summed E-state index contributed by atoms with van der Waals surface area (Å²) in [6.45, 7) is 9.88. The molecule has 0 unspecified atom stereocenters. The van der Waals surface area contributed by atoms with Crippen LogP contribution in [0, 0.1) is 13.5 Å². The second kappa shape index (κ2) is 9.05. The van der Waals surface area contributed by atoms with E-state index in [9.17, 15) is 4.79 Å². The number of benzene rings is 1. The lowest BCUT2D eigenvalue weighted by Gasteiger charge is -2.12. The number of hydrogen-bond acceptors (Lipinski definition) is 8. The van der Waals surface area contributed by atoms with Crippen LogP contribution in [0.2, 0.25) is 0 Å². The van der Waals surface area contributed by atoms with Gasteiger partial charge in [0.2, 0.25) is 0 Å². The van der Waals surface area contributed by atoms with Crippen LogP contribution < -0.4 is 20.8 Å². The summed E-state index contributed by atoms with van der Waals surface area (Å²) < 4.78 is 13.9. The van der Waals surface area contributed by atoms with Crippen LogP contribution in [0.3, 0.4) is 0 Å². The fraction of sp³-hybridized carbons (Fsp3) is 0.308. The molecule has 0 spiro atoms. The lowest BCUT2D eigenvalue weighted by Crippen LogP contribution is -2.20. The summed E-state index contributed by atoms with van der Waals surface area (Å²) >= 11 is 0. The zero-order valence-corrected chi connectivity index (χ0v) is 21.0. The monoisotopic (exact) mass is 498 g/mol. The molecular weight excluding hydrogens is 472 g/mol. The standard InChI is InChI=1S/C26H26N8O3/c1-15-19(12-34(32-15)14-26(28-2)6-7-26)20-11-29-24(27)23(30-20)21-13-33(3)25(35)22(31-21)16-8-17(36-4)10-18(9-16)37-5/h8-13H,6-7,14H2,1,3-5H3,(H2,27,29). The fourth-order valence-corrected chi connectivity index (χ4v) is 4.17. The molecule has 3 heterocycles. The van der Waals surface area contributed by atoms with Crippen molar-refractivity contribution in [2.24, 2.45) is 7.05 Å². The van der Waals surface area contributed by atoms with Crippen LogP contribution in [0.4, 0.5) is 5.82 Å². The topological polar surface area (TPSA) is 127 Å².